The van der Waals surface area contributed by atoms with Gasteiger partial charge in [-0.05, 0) is 43.9 Å². The Labute approximate surface area is 96.6 Å². The molecule has 0 spiro atoms. The van der Waals surface area contributed by atoms with Crippen LogP contribution in [0.4, 0.5) is 0 Å². The summed E-state index contributed by atoms with van der Waals surface area (Å²) < 4.78 is 0. The molecule has 1 atom stereocenters. The van der Waals surface area contributed by atoms with Gasteiger partial charge in [0.25, 0.3) is 0 Å². The summed E-state index contributed by atoms with van der Waals surface area (Å²) >= 11 is 7.08. The third-order valence-electron chi connectivity index (χ3n) is 2.63. The van der Waals surface area contributed by atoms with Crippen molar-refractivity contribution in [2.75, 3.05) is 24.6 Å². The Morgan fingerprint density at radius 2 is 2.43 bits per heavy atom. The van der Waals surface area contributed by atoms with Crippen molar-refractivity contribution in [2.45, 2.75) is 32.2 Å². The topological polar surface area (TPSA) is 29.3 Å². The molecule has 0 aromatic carbocycles. The second-order valence-corrected chi connectivity index (χ2v) is 5.51. The summed E-state index contributed by atoms with van der Waals surface area (Å²) in [6.07, 6.45) is 3.68. The highest BCUT2D eigenvalue weighted by Crippen LogP contribution is 2.18. The fourth-order valence-corrected chi connectivity index (χ4v) is 2.82. The van der Waals surface area contributed by atoms with E-state index in [4.69, 9.17) is 18.0 Å². The highest BCUT2D eigenvalue weighted by molar-refractivity contribution is 7.99. The Bertz CT molecular complexity index is 185. The Kier molecular flexibility index (Phi) is 5.82. The van der Waals surface area contributed by atoms with E-state index in [-0.39, 0.29) is 0 Å². The van der Waals surface area contributed by atoms with Crippen LogP contribution < -0.4 is 5.73 Å². The first-order valence-electron chi connectivity index (χ1n) is 5.36. The largest absolute Gasteiger partial charge is 0.392 e. The lowest BCUT2D eigenvalue weighted by Crippen LogP contribution is -2.39. The average molecular weight is 232 g/mol. The highest BCUT2D eigenvalue weighted by Gasteiger charge is 2.25. The van der Waals surface area contributed by atoms with E-state index in [1.165, 1.54) is 30.9 Å². The van der Waals surface area contributed by atoms with E-state index in [1.807, 2.05) is 11.8 Å². The van der Waals surface area contributed by atoms with E-state index in [1.54, 1.807) is 0 Å². The zero-order valence-corrected chi connectivity index (χ0v) is 10.5. The summed E-state index contributed by atoms with van der Waals surface area (Å²) in [6, 6.07) is 0.386. The van der Waals surface area contributed by atoms with Crippen LogP contribution in [0.15, 0.2) is 0 Å². The van der Waals surface area contributed by atoms with Gasteiger partial charge in [-0.3, -0.25) is 4.90 Å². The van der Waals surface area contributed by atoms with E-state index in [9.17, 15) is 0 Å². The number of rotatable bonds is 6. The molecule has 0 aliphatic carbocycles. The number of likely N-dealkylation sites (tertiary alicyclic amines) is 1. The number of hydrogen-bond acceptors (Lipinski definition) is 3. The van der Waals surface area contributed by atoms with Crippen molar-refractivity contribution in [3.63, 3.8) is 0 Å². The molecule has 0 saturated carbocycles. The molecule has 1 heterocycles. The molecule has 0 radical (unpaired) electrons. The van der Waals surface area contributed by atoms with Crippen molar-refractivity contribution in [1.82, 2.24) is 4.90 Å². The molecular weight excluding hydrogens is 212 g/mol. The summed E-state index contributed by atoms with van der Waals surface area (Å²) in [5, 5.41) is 0. The molecule has 4 heteroatoms. The molecule has 0 aromatic heterocycles. The van der Waals surface area contributed by atoms with Gasteiger partial charge in [0.1, 0.15) is 0 Å². The van der Waals surface area contributed by atoms with Crippen LogP contribution in [0, 0.1) is 0 Å². The molecule has 1 aliphatic heterocycles. The zero-order chi connectivity index (χ0) is 10.4. The fraction of sp³-hybridized carbons (Fsp3) is 0.900. The lowest BCUT2D eigenvalue weighted by Gasteiger charge is -2.23. The Morgan fingerprint density at radius 1 is 1.64 bits per heavy atom. The third-order valence-corrected chi connectivity index (χ3v) is 3.89. The highest BCUT2D eigenvalue weighted by atomic mass is 32.2. The molecule has 82 valence electrons. The van der Waals surface area contributed by atoms with Gasteiger partial charge in [-0.15, -0.1) is 0 Å². The Morgan fingerprint density at radius 3 is 3.07 bits per heavy atom. The molecule has 1 fully saturated rings. The van der Waals surface area contributed by atoms with Crippen LogP contribution in [0.25, 0.3) is 0 Å². The predicted molar refractivity (Wildman–Crippen MR) is 69.0 cm³/mol. The monoisotopic (exact) mass is 232 g/mol. The first-order valence-corrected chi connectivity index (χ1v) is 6.93. The maximum absolute atomic E-state index is 5.70. The van der Waals surface area contributed by atoms with Crippen molar-refractivity contribution in [3.05, 3.63) is 0 Å². The molecule has 1 rings (SSSR count). The summed E-state index contributed by atoms with van der Waals surface area (Å²) in [6.45, 7) is 4.55. The SMILES string of the molecule is CCSCCCN1CCCC1C(N)=S. The standard InChI is InChI=1S/C10H20N2S2/c1-2-14-8-4-7-12-6-3-5-9(12)10(11)13/h9H,2-8H2,1H3,(H2,11,13). The summed E-state index contributed by atoms with van der Waals surface area (Å²) in [4.78, 5) is 3.13. The van der Waals surface area contributed by atoms with Gasteiger partial charge in [0.05, 0.1) is 11.0 Å². The molecule has 1 saturated heterocycles. The van der Waals surface area contributed by atoms with Crippen molar-refractivity contribution in [2.24, 2.45) is 5.73 Å². The fourth-order valence-electron chi connectivity index (χ4n) is 1.93. The normalized spacial score (nSPS) is 22.8. The number of thiocarbonyl (C=S) groups is 1. The summed E-state index contributed by atoms with van der Waals surface area (Å²) in [7, 11) is 0. The van der Waals surface area contributed by atoms with Crippen LogP contribution in [0.2, 0.25) is 0 Å². The van der Waals surface area contributed by atoms with Crippen molar-refractivity contribution < 1.29 is 0 Å². The molecule has 2 nitrogen and oxygen atoms in total. The van der Waals surface area contributed by atoms with Crippen LogP contribution in [-0.4, -0.2) is 40.5 Å². The molecule has 1 unspecified atom stereocenters. The van der Waals surface area contributed by atoms with Crippen LogP contribution in [0.5, 0.6) is 0 Å². The van der Waals surface area contributed by atoms with Crippen molar-refractivity contribution in [1.29, 1.82) is 0 Å². The van der Waals surface area contributed by atoms with Gasteiger partial charge in [0, 0.05) is 0 Å². The minimum Gasteiger partial charge on any atom is -0.392 e. The Balaban J connectivity index is 2.19. The van der Waals surface area contributed by atoms with Crippen molar-refractivity contribution in [3.8, 4) is 0 Å². The maximum Gasteiger partial charge on any atom is 0.0902 e. The molecule has 0 aromatic rings. The lowest BCUT2D eigenvalue weighted by atomic mass is 10.2. The average Bonchev–Trinajstić information content (AvgIpc) is 2.60. The van der Waals surface area contributed by atoms with Gasteiger partial charge in [-0.1, -0.05) is 19.1 Å². The molecule has 0 amide bonds. The quantitative estimate of drug-likeness (QED) is 0.559. The van der Waals surface area contributed by atoms with E-state index < -0.39 is 0 Å². The van der Waals surface area contributed by atoms with Crippen LogP contribution in [0.1, 0.15) is 26.2 Å². The number of nitrogens with zero attached hydrogens (tertiary/aromatic N) is 1. The number of nitrogens with two attached hydrogens (primary N) is 1. The third kappa shape index (κ3) is 3.75. The first-order chi connectivity index (χ1) is 6.75. The summed E-state index contributed by atoms with van der Waals surface area (Å²) in [5.41, 5.74) is 5.70. The van der Waals surface area contributed by atoms with Gasteiger partial charge in [0.15, 0.2) is 0 Å². The molecule has 2 N–H and O–H groups in total. The minimum atomic E-state index is 0.386. The Hall–Kier alpha value is 0.200. The van der Waals surface area contributed by atoms with E-state index in [2.05, 4.69) is 11.8 Å². The first kappa shape index (κ1) is 12.3. The van der Waals surface area contributed by atoms with Gasteiger partial charge in [0.2, 0.25) is 0 Å². The van der Waals surface area contributed by atoms with Crippen LogP contribution in [-0.2, 0) is 0 Å². The second-order valence-electron chi connectivity index (χ2n) is 3.65. The summed E-state index contributed by atoms with van der Waals surface area (Å²) in [5.74, 6) is 2.48. The smallest absolute Gasteiger partial charge is 0.0902 e. The van der Waals surface area contributed by atoms with Crippen LogP contribution >= 0.6 is 24.0 Å². The van der Waals surface area contributed by atoms with Gasteiger partial charge in [-0.25, -0.2) is 0 Å². The minimum absolute atomic E-state index is 0.386. The molecule has 0 bridgehead atoms. The zero-order valence-electron chi connectivity index (χ0n) is 8.87. The predicted octanol–water partition coefficient (Wildman–Crippen LogP) is 1.88. The van der Waals surface area contributed by atoms with E-state index >= 15 is 0 Å². The molecule has 1 aliphatic rings. The van der Waals surface area contributed by atoms with Crippen LogP contribution in [0.3, 0.4) is 0 Å². The number of thioether (sulfide) groups is 1. The van der Waals surface area contributed by atoms with E-state index in [0.29, 0.717) is 11.0 Å². The molecular formula is C10H20N2S2. The maximum atomic E-state index is 5.70. The lowest BCUT2D eigenvalue weighted by molar-refractivity contribution is 0.305. The van der Waals surface area contributed by atoms with Gasteiger partial charge < -0.3 is 5.73 Å². The number of hydrogen-bond donors (Lipinski definition) is 1. The van der Waals surface area contributed by atoms with Gasteiger partial charge >= 0.3 is 0 Å². The van der Waals surface area contributed by atoms with E-state index in [0.717, 1.165) is 13.0 Å². The molecule has 14 heavy (non-hydrogen) atoms. The van der Waals surface area contributed by atoms with Gasteiger partial charge in [-0.2, -0.15) is 11.8 Å². The van der Waals surface area contributed by atoms with Crippen molar-refractivity contribution >= 4 is 29.0 Å². The second kappa shape index (κ2) is 6.64.